The maximum Gasteiger partial charge on any atom is 0.122 e. The van der Waals surface area contributed by atoms with Crippen molar-refractivity contribution in [2.45, 2.75) is 20.0 Å². The smallest absolute Gasteiger partial charge is 0.122 e. The van der Waals surface area contributed by atoms with Crippen molar-refractivity contribution in [3.63, 3.8) is 0 Å². The first-order valence-corrected chi connectivity index (χ1v) is 4.38. The zero-order chi connectivity index (χ0) is 8.55. The minimum Gasteiger partial charge on any atom is -0.366 e. The molecule has 64 valence electrons. The lowest BCUT2D eigenvalue weighted by Crippen LogP contribution is -2.33. The summed E-state index contributed by atoms with van der Waals surface area (Å²) in [5.74, 6) is 0.582. The van der Waals surface area contributed by atoms with Gasteiger partial charge in [-0.3, -0.25) is 0 Å². The second-order valence-corrected chi connectivity index (χ2v) is 3.47. The molecule has 2 rings (SSSR count). The molecule has 0 aromatic heterocycles. The van der Waals surface area contributed by atoms with Gasteiger partial charge in [0.05, 0.1) is 0 Å². The number of hydrogen-bond donors (Lipinski definition) is 1. The first-order valence-electron chi connectivity index (χ1n) is 4.38. The van der Waals surface area contributed by atoms with Crippen LogP contribution in [0.5, 0.6) is 0 Å². The molecule has 0 aromatic rings. The van der Waals surface area contributed by atoms with Gasteiger partial charge in [0.15, 0.2) is 0 Å². The predicted octanol–water partition coefficient (Wildman–Crippen LogP) is 1.80. The van der Waals surface area contributed by atoms with Crippen molar-refractivity contribution in [3.05, 3.63) is 36.3 Å². The molecule has 0 aliphatic carbocycles. The predicted molar refractivity (Wildman–Crippen MR) is 50.0 cm³/mol. The standard InChI is InChI=1S/C10H14N2/c1-8(2)9-7-11-10-5-3-4-6-12(9)10/h3-8,10-11H,1-2H3. The zero-order valence-corrected chi connectivity index (χ0v) is 7.49. The fourth-order valence-electron chi connectivity index (χ4n) is 1.59. The van der Waals surface area contributed by atoms with E-state index in [0.29, 0.717) is 12.1 Å². The molecule has 0 spiro atoms. The van der Waals surface area contributed by atoms with Crippen LogP contribution in [0.3, 0.4) is 0 Å². The van der Waals surface area contributed by atoms with Crippen molar-refractivity contribution >= 4 is 0 Å². The normalized spacial score (nSPS) is 25.8. The van der Waals surface area contributed by atoms with E-state index in [4.69, 9.17) is 0 Å². The summed E-state index contributed by atoms with van der Waals surface area (Å²) in [7, 11) is 0. The largest absolute Gasteiger partial charge is 0.366 e. The van der Waals surface area contributed by atoms with Gasteiger partial charge in [-0.25, -0.2) is 0 Å². The van der Waals surface area contributed by atoms with E-state index in [1.165, 1.54) is 5.70 Å². The number of allylic oxidation sites excluding steroid dienone is 3. The summed E-state index contributed by atoms with van der Waals surface area (Å²) in [5, 5.41) is 3.32. The second kappa shape index (κ2) is 2.70. The molecule has 2 aliphatic heterocycles. The van der Waals surface area contributed by atoms with Crippen molar-refractivity contribution in [1.29, 1.82) is 0 Å². The van der Waals surface area contributed by atoms with Gasteiger partial charge in [-0.1, -0.05) is 19.9 Å². The van der Waals surface area contributed by atoms with E-state index >= 15 is 0 Å². The van der Waals surface area contributed by atoms with Gasteiger partial charge >= 0.3 is 0 Å². The lowest BCUT2D eigenvalue weighted by atomic mass is 10.1. The third kappa shape index (κ3) is 1.04. The van der Waals surface area contributed by atoms with Crippen LogP contribution in [0.1, 0.15) is 13.8 Å². The fraction of sp³-hybridized carbons (Fsp3) is 0.400. The summed E-state index contributed by atoms with van der Waals surface area (Å²) in [6, 6.07) is 0. The number of nitrogens with zero attached hydrogens (tertiary/aromatic N) is 1. The molecule has 0 amide bonds. The van der Waals surface area contributed by atoms with Crippen LogP contribution in [0.25, 0.3) is 0 Å². The van der Waals surface area contributed by atoms with Crippen LogP contribution >= 0.6 is 0 Å². The minimum absolute atomic E-state index is 0.354. The van der Waals surface area contributed by atoms with E-state index in [0.717, 1.165) is 0 Å². The molecule has 12 heavy (non-hydrogen) atoms. The van der Waals surface area contributed by atoms with Crippen molar-refractivity contribution in [2.75, 3.05) is 0 Å². The highest BCUT2D eigenvalue weighted by Crippen LogP contribution is 2.24. The third-order valence-corrected chi connectivity index (χ3v) is 2.24. The Labute approximate surface area is 73.3 Å². The Bertz CT molecular complexity index is 261. The number of rotatable bonds is 1. The van der Waals surface area contributed by atoms with Crippen LogP contribution in [0.15, 0.2) is 36.3 Å². The quantitative estimate of drug-likeness (QED) is 0.632. The molecule has 2 heterocycles. The van der Waals surface area contributed by atoms with E-state index in [1.807, 2.05) is 0 Å². The average molecular weight is 162 g/mol. The monoisotopic (exact) mass is 162 g/mol. The average Bonchev–Trinajstić information content (AvgIpc) is 2.47. The second-order valence-electron chi connectivity index (χ2n) is 3.47. The van der Waals surface area contributed by atoms with E-state index in [-0.39, 0.29) is 0 Å². The lowest BCUT2D eigenvalue weighted by molar-refractivity contribution is 0.370. The van der Waals surface area contributed by atoms with Gasteiger partial charge in [-0.15, -0.1) is 0 Å². The molecule has 0 bridgehead atoms. The first-order chi connectivity index (χ1) is 5.79. The Hall–Kier alpha value is -1.18. The van der Waals surface area contributed by atoms with Gasteiger partial charge in [0.25, 0.3) is 0 Å². The van der Waals surface area contributed by atoms with E-state index < -0.39 is 0 Å². The summed E-state index contributed by atoms with van der Waals surface area (Å²) in [6.07, 6.45) is 10.9. The van der Waals surface area contributed by atoms with Crippen LogP contribution < -0.4 is 5.32 Å². The Balaban J connectivity index is 2.20. The molecule has 1 N–H and O–H groups in total. The van der Waals surface area contributed by atoms with Gasteiger partial charge in [-0.2, -0.15) is 0 Å². The molecule has 0 saturated carbocycles. The van der Waals surface area contributed by atoms with Gasteiger partial charge in [-0.05, 0) is 18.1 Å². The highest BCUT2D eigenvalue weighted by molar-refractivity contribution is 5.24. The molecule has 0 fully saturated rings. The molecule has 2 aliphatic rings. The van der Waals surface area contributed by atoms with Gasteiger partial charge in [0, 0.05) is 18.1 Å². The van der Waals surface area contributed by atoms with Crippen LogP contribution in [0.4, 0.5) is 0 Å². The molecular weight excluding hydrogens is 148 g/mol. The third-order valence-electron chi connectivity index (χ3n) is 2.24. The van der Waals surface area contributed by atoms with Crippen molar-refractivity contribution in [3.8, 4) is 0 Å². The summed E-state index contributed by atoms with van der Waals surface area (Å²) in [4.78, 5) is 2.27. The van der Waals surface area contributed by atoms with Crippen molar-refractivity contribution in [1.82, 2.24) is 10.2 Å². The van der Waals surface area contributed by atoms with Crippen molar-refractivity contribution in [2.24, 2.45) is 5.92 Å². The van der Waals surface area contributed by atoms with E-state index in [1.54, 1.807) is 0 Å². The molecule has 1 atom stereocenters. The summed E-state index contributed by atoms with van der Waals surface area (Å²) in [5.41, 5.74) is 1.36. The van der Waals surface area contributed by atoms with Gasteiger partial charge in [0.2, 0.25) is 0 Å². The summed E-state index contributed by atoms with van der Waals surface area (Å²) < 4.78 is 0. The molecule has 1 unspecified atom stereocenters. The minimum atomic E-state index is 0.354. The first kappa shape index (κ1) is 7.47. The van der Waals surface area contributed by atoms with E-state index in [2.05, 4.69) is 54.7 Å². The Morgan fingerprint density at radius 2 is 2.25 bits per heavy atom. The molecule has 2 heteroatoms. The van der Waals surface area contributed by atoms with Crippen LogP contribution in [0, 0.1) is 5.92 Å². The highest BCUT2D eigenvalue weighted by Gasteiger charge is 2.24. The molecular formula is C10H14N2. The van der Waals surface area contributed by atoms with Crippen molar-refractivity contribution < 1.29 is 0 Å². The number of fused-ring (bicyclic) bond motifs is 1. The zero-order valence-electron chi connectivity index (χ0n) is 7.49. The lowest BCUT2D eigenvalue weighted by Gasteiger charge is -2.26. The highest BCUT2D eigenvalue weighted by atomic mass is 15.3. The number of hydrogen-bond acceptors (Lipinski definition) is 2. The molecule has 0 saturated heterocycles. The fourth-order valence-corrected chi connectivity index (χ4v) is 1.59. The maximum atomic E-state index is 3.32. The van der Waals surface area contributed by atoms with Crippen LogP contribution in [-0.4, -0.2) is 11.1 Å². The SMILES string of the molecule is CC(C)C1=CNC2C=CC=CN12. The maximum absolute atomic E-state index is 3.32. The van der Waals surface area contributed by atoms with Crippen LogP contribution in [-0.2, 0) is 0 Å². The summed E-state index contributed by atoms with van der Waals surface area (Å²) >= 11 is 0. The molecule has 0 aromatic carbocycles. The van der Waals surface area contributed by atoms with Crippen LogP contribution in [0.2, 0.25) is 0 Å². The Morgan fingerprint density at radius 3 is 3.00 bits per heavy atom. The van der Waals surface area contributed by atoms with E-state index in [9.17, 15) is 0 Å². The Morgan fingerprint density at radius 1 is 1.42 bits per heavy atom. The topological polar surface area (TPSA) is 15.3 Å². The van der Waals surface area contributed by atoms with Gasteiger partial charge < -0.3 is 10.2 Å². The summed E-state index contributed by atoms with van der Waals surface area (Å²) in [6.45, 7) is 4.42. The molecule has 2 nitrogen and oxygen atoms in total. The Kier molecular flexibility index (Phi) is 1.68. The van der Waals surface area contributed by atoms with Gasteiger partial charge in [0.1, 0.15) is 6.17 Å². The number of nitrogens with one attached hydrogen (secondary N) is 1. The molecule has 0 radical (unpaired) electrons.